The van der Waals surface area contributed by atoms with Crippen molar-refractivity contribution in [2.24, 2.45) is 0 Å². The standard InChI is InChI=1S/C32H34FNO6/c1-17-11-19(31(37)34-16-32(3,4)38)12-18(2)29(17)23-7-9-25(33)30-24(23)8-10-26(30)40-21-5-6-22-20(13-28(35)36)15-39-27(22)14-21/h5-7,9,11-12,14,20,26,38H,8,10,13,15-16H2,1-4H3,(H,34,37)(H,35,36). The number of amides is 1. The van der Waals surface area contributed by atoms with Crippen LogP contribution in [0.15, 0.2) is 42.5 Å². The number of nitrogens with one attached hydrogen (secondary N) is 1. The molecule has 40 heavy (non-hydrogen) atoms. The molecular formula is C32H34FNO6. The van der Waals surface area contributed by atoms with Crippen molar-refractivity contribution in [3.63, 3.8) is 0 Å². The van der Waals surface area contributed by atoms with Gasteiger partial charge in [0.1, 0.15) is 23.4 Å². The Balaban J connectivity index is 1.41. The summed E-state index contributed by atoms with van der Waals surface area (Å²) in [5.74, 6) is -0.493. The number of hydrogen-bond donors (Lipinski definition) is 3. The molecule has 0 fully saturated rings. The van der Waals surface area contributed by atoms with Gasteiger partial charge >= 0.3 is 5.97 Å². The maximum absolute atomic E-state index is 15.3. The first-order valence-electron chi connectivity index (χ1n) is 13.5. The van der Waals surface area contributed by atoms with E-state index in [0.29, 0.717) is 42.1 Å². The Labute approximate surface area is 232 Å². The Morgan fingerprint density at radius 3 is 2.52 bits per heavy atom. The molecule has 0 saturated carbocycles. The average Bonchev–Trinajstić information content (AvgIpc) is 3.47. The van der Waals surface area contributed by atoms with Crippen molar-refractivity contribution in [2.75, 3.05) is 13.2 Å². The van der Waals surface area contributed by atoms with Crippen LogP contribution in [0.2, 0.25) is 0 Å². The van der Waals surface area contributed by atoms with E-state index in [1.165, 1.54) is 6.07 Å². The fourth-order valence-electron chi connectivity index (χ4n) is 5.82. The molecule has 0 aromatic heterocycles. The second kappa shape index (κ2) is 10.6. The summed E-state index contributed by atoms with van der Waals surface area (Å²) in [5, 5.41) is 21.9. The molecular weight excluding hydrogens is 513 g/mol. The molecule has 5 rings (SSSR count). The molecule has 2 unspecified atom stereocenters. The molecule has 1 heterocycles. The van der Waals surface area contributed by atoms with E-state index in [9.17, 15) is 14.7 Å². The third-order valence-corrected chi connectivity index (χ3v) is 7.59. The van der Waals surface area contributed by atoms with E-state index in [0.717, 1.165) is 33.4 Å². The Hall–Kier alpha value is -3.91. The first-order chi connectivity index (χ1) is 18.9. The number of carboxylic acids is 1. The zero-order valence-electron chi connectivity index (χ0n) is 23.1. The zero-order valence-corrected chi connectivity index (χ0v) is 23.1. The van der Waals surface area contributed by atoms with E-state index in [-0.39, 0.29) is 30.6 Å². The zero-order chi connectivity index (χ0) is 28.8. The summed E-state index contributed by atoms with van der Waals surface area (Å²) in [6, 6.07) is 12.3. The summed E-state index contributed by atoms with van der Waals surface area (Å²) in [5.41, 5.74) is 5.47. The number of carboxylic acid groups (broad SMARTS) is 1. The molecule has 3 aromatic rings. The number of rotatable bonds is 8. The van der Waals surface area contributed by atoms with E-state index < -0.39 is 17.7 Å². The first-order valence-corrected chi connectivity index (χ1v) is 13.5. The molecule has 3 aromatic carbocycles. The number of hydrogen-bond acceptors (Lipinski definition) is 5. The van der Waals surface area contributed by atoms with Crippen LogP contribution in [0.3, 0.4) is 0 Å². The normalized spacial score (nSPS) is 17.6. The fourth-order valence-corrected chi connectivity index (χ4v) is 5.82. The number of ether oxygens (including phenoxy) is 2. The van der Waals surface area contributed by atoms with Crippen molar-refractivity contribution in [1.82, 2.24) is 5.32 Å². The Morgan fingerprint density at radius 2 is 1.85 bits per heavy atom. The van der Waals surface area contributed by atoms with Gasteiger partial charge in [0, 0.05) is 35.2 Å². The lowest BCUT2D eigenvalue weighted by molar-refractivity contribution is -0.137. The van der Waals surface area contributed by atoms with Gasteiger partial charge in [-0.3, -0.25) is 9.59 Å². The van der Waals surface area contributed by atoms with Gasteiger partial charge in [0.25, 0.3) is 5.91 Å². The number of carbonyl (C=O) groups is 2. The highest BCUT2D eigenvalue weighted by Gasteiger charge is 2.32. The highest BCUT2D eigenvalue weighted by atomic mass is 19.1. The van der Waals surface area contributed by atoms with Crippen LogP contribution in [0, 0.1) is 19.7 Å². The Kier molecular flexibility index (Phi) is 7.31. The van der Waals surface area contributed by atoms with Crippen molar-refractivity contribution in [3.05, 3.63) is 81.7 Å². The van der Waals surface area contributed by atoms with Crippen LogP contribution in [0.4, 0.5) is 4.39 Å². The molecule has 2 aliphatic rings. The van der Waals surface area contributed by atoms with E-state index in [1.54, 1.807) is 32.0 Å². The summed E-state index contributed by atoms with van der Waals surface area (Å²) in [7, 11) is 0. The largest absolute Gasteiger partial charge is 0.492 e. The predicted molar refractivity (Wildman–Crippen MR) is 149 cm³/mol. The third-order valence-electron chi connectivity index (χ3n) is 7.59. The first kappa shape index (κ1) is 27.6. The van der Waals surface area contributed by atoms with Crippen LogP contribution < -0.4 is 14.8 Å². The van der Waals surface area contributed by atoms with Crippen molar-refractivity contribution in [1.29, 1.82) is 0 Å². The number of aryl methyl sites for hydroxylation is 2. The molecule has 2 atom stereocenters. The van der Waals surface area contributed by atoms with Gasteiger partial charge < -0.3 is 25.0 Å². The van der Waals surface area contributed by atoms with Crippen LogP contribution >= 0.6 is 0 Å². The number of aliphatic hydroxyl groups is 1. The number of carbonyl (C=O) groups excluding carboxylic acids is 1. The van der Waals surface area contributed by atoms with Gasteiger partial charge in [-0.1, -0.05) is 12.1 Å². The summed E-state index contributed by atoms with van der Waals surface area (Å²) >= 11 is 0. The number of fused-ring (bicyclic) bond motifs is 2. The molecule has 1 aliphatic heterocycles. The van der Waals surface area contributed by atoms with Crippen LogP contribution in [0.25, 0.3) is 11.1 Å². The number of halogens is 1. The molecule has 210 valence electrons. The minimum atomic E-state index is -1.01. The topological polar surface area (TPSA) is 105 Å². The fraction of sp³-hybridized carbons (Fsp3) is 0.375. The maximum atomic E-state index is 15.3. The lowest BCUT2D eigenvalue weighted by Crippen LogP contribution is -2.38. The molecule has 1 amide bonds. The van der Waals surface area contributed by atoms with E-state index in [4.69, 9.17) is 14.6 Å². The predicted octanol–water partition coefficient (Wildman–Crippen LogP) is 5.63. The molecule has 0 saturated heterocycles. The van der Waals surface area contributed by atoms with Gasteiger partial charge in [-0.25, -0.2) is 4.39 Å². The SMILES string of the molecule is Cc1cc(C(=O)NCC(C)(C)O)cc(C)c1-c1ccc(F)c2c1CCC2Oc1ccc2c(c1)OCC2CC(=O)O. The molecule has 1 aliphatic carbocycles. The maximum Gasteiger partial charge on any atom is 0.304 e. The second-order valence-corrected chi connectivity index (χ2v) is 11.4. The van der Waals surface area contributed by atoms with Crippen molar-refractivity contribution in [2.45, 2.75) is 64.6 Å². The monoisotopic (exact) mass is 547 g/mol. The van der Waals surface area contributed by atoms with E-state index >= 15 is 4.39 Å². The van der Waals surface area contributed by atoms with Crippen molar-refractivity contribution in [3.8, 4) is 22.6 Å². The van der Waals surface area contributed by atoms with Gasteiger partial charge in [-0.2, -0.15) is 0 Å². The van der Waals surface area contributed by atoms with Crippen molar-refractivity contribution >= 4 is 11.9 Å². The molecule has 8 heteroatoms. The summed E-state index contributed by atoms with van der Waals surface area (Å²) in [4.78, 5) is 23.9. The van der Waals surface area contributed by atoms with Crippen LogP contribution in [-0.4, -0.2) is 40.8 Å². The highest BCUT2D eigenvalue weighted by molar-refractivity contribution is 5.96. The quantitative estimate of drug-likeness (QED) is 0.338. The summed E-state index contributed by atoms with van der Waals surface area (Å²) in [6.07, 6.45) is 0.778. The van der Waals surface area contributed by atoms with Crippen LogP contribution in [-0.2, 0) is 11.2 Å². The van der Waals surface area contributed by atoms with Gasteiger partial charge in [-0.05, 0) is 92.6 Å². The van der Waals surface area contributed by atoms with E-state index in [2.05, 4.69) is 5.32 Å². The summed E-state index contributed by atoms with van der Waals surface area (Å²) in [6.45, 7) is 7.60. The summed E-state index contributed by atoms with van der Waals surface area (Å²) < 4.78 is 27.2. The van der Waals surface area contributed by atoms with Gasteiger partial charge in [0.05, 0.1) is 18.6 Å². The second-order valence-electron chi connectivity index (χ2n) is 11.4. The Bertz CT molecular complexity index is 1470. The third kappa shape index (κ3) is 5.54. The van der Waals surface area contributed by atoms with Crippen LogP contribution in [0.5, 0.6) is 11.5 Å². The molecule has 0 radical (unpaired) electrons. The van der Waals surface area contributed by atoms with Crippen LogP contribution in [0.1, 0.15) is 76.9 Å². The molecule has 0 bridgehead atoms. The number of aliphatic carboxylic acids is 1. The smallest absolute Gasteiger partial charge is 0.304 e. The lowest BCUT2D eigenvalue weighted by atomic mass is 9.89. The van der Waals surface area contributed by atoms with Gasteiger partial charge in [-0.15, -0.1) is 0 Å². The number of benzene rings is 3. The van der Waals surface area contributed by atoms with E-state index in [1.807, 2.05) is 32.0 Å². The van der Waals surface area contributed by atoms with Crippen molar-refractivity contribution < 1.29 is 33.7 Å². The highest BCUT2D eigenvalue weighted by Crippen LogP contribution is 2.45. The minimum Gasteiger partial charge on any atom is -0.492 e. The molecule has 0 spiro atoms. The lowest BCUT2D eigenvalue weighted by Gasteiger charge is -2.20. The Morgan fingerprint density at radius 1 is 1.12 bits per heavy atom. The molecule has 7 nitrogen and oxygen atoms in total. The average molecular weight is 548 g/mol. The van der Waals surface area contributed by atoms with Gasteiger partial charge in [0.2, 0.25) is 0 Å². The minimum absolute atomic E-state index is 0.00250. The molecule has 3 N–H and O–H groups in total. The van der Waals surface area contributed by atoms with Gasteiger partial charge in [0.15, 0.2) is 0 Å².